The number of hydrogen-bond donors (Lipinski definition) is 1. The zero-order valence-electron chi connectivity index (χ0n) is 17.4. The number of fused-ring (bicyclic) bond motifs is 4. The summed E-state index contributed by atoms with van der Waals surface area (Å²) in [5.41, 5.74) is 1.77. The van der Waals surface area contributed by atoms with Crippen molar-refractivity contribution in [1.29, 1.82) is 0 Å². The molecule has 156 valence electrons. The summed E-state index contributed by atoms with van der Waals surface area (Å²) >= 11 is 0. The number of aromatic nitrogens is 4. The minimum Gasteiger partial charge on any atom is -0.354 e. The Balaban J connectivity index is 1.68. The lowest BCUT2D eigenvalue weighted by Gasteiger charge is -2.26. The molecule has 1 saturated heterocycles. The molecule has 30 heavy (non-hydrogen) atoms. The van der Waals surface area contributed by atoms with Gasteiger partial charge in [0.2, 0.25) is 5.95 Å². The van der Waals surface area contributed by atoms with E-state index in [1.807, 2.05) is 30.8 Å². The van der Waals surface area contributed by atoms with Gasteiger partial charge >= 0.3 is 0 Å². The molecule has 1 atom stereocenters. The molecule has 0 radical (unpaired) electrons. The number of nitrogens with zero attached hydrogens (tertiary/aromatic N) is 6. The van der Waals surface area contributed by atoms with Gasteiger partial charge in [-0.2, -0.15) is 4.98 Å². The summed E-state index contributed by atoms with van der Waals surface area (Å²) in [4.78, 5) is 39.4. The fourth-order valence-electron chi connectivity index (χ4n) is 4.63. The van der Waals surface area contributed by atoms with Gasteiger partial charge in [-0.1, -0.05) is 0 Å². The molecule has 1 fully saturated rings. The number of carbonyl (C=O) groups is 1. The van der Waals surface area contributed by atoms with Crippen LogP contribution in [0.15, 0.2) is 29.5 Å². The number of amides is 1. The van der Waals surface area contributed by atoms with E-state index in [0.717, 1.165) is 30.5 Å². The first-order valence-electron chi connectivity index (χ1n) is 10.3. The van der Waals surface area contributed by atoms with Crippen LogP contribution in [0.5, 0.6) is 0 Å². The highest BCUT2D eigenvalue weighted by Crippen LogP contribution is 2.36. The Bertz CT molecular complexity index is 1210. The maximum atomic E-state index is 13.6. The maximum Gasteiger partial charge on any atom is 0.274 e. The van der Waals surface area contributed by atoms with Crippen molar-refractivity contribution >= 4 is 34.3 Å². The third-order valence-corrected chi connectivity index (χ3v) is 6.10. The van der Waals surface area contributed by atoms with Crippen LogP contribution in [0, 0.1) is 0 Å². The van der Waals surface area contributed by atoms with Gasteiger partial charge in [0.05, 0.1) is 5.69 Å². The van der Waals surface area contributed by atoms with Gasteiger partial charge in [0.1, 0.15) is 16.9 Å². The zero-order valence-corrected chi connectivity index (χ0v) is 17.4. The van der Waals surface area contributed by atoms with Crippen LogP contribution in [0.1, 0.15) is 30.1 Å². The molecule has 5 heterocycles. The van der Waals surface area contributed by atoms with Gasteiger partial charge in [-0.25, -0.2) is 4.98 Å². The highest BCUT2D eigenvalue weighted by Gasteiger charge is 2.38. The number of hydrogen-bond acceptors (Lipinski definition) is 6. The van der Waals surface area contributed by atoms with Crippen LogP contribution in [0.3, 0.4) is 0 Å². The number of carbonyl (C=O) groups excluding carboxylic acids is 1. The SMILES string of the molecule is CCNc1ncc2c(n1)N1CCC[C@H]1CN(c1cn(C)c3c(=O)n(C)ccc13)C2=O. The molecule has 9 nitrogen and oxygen atoms in total. The van der Waals surface area contributed by atoms with E-state index in [9.17, 15) is 9.59 Å². The lowest BCUT2D eigenvalue weighted by atomic mass is 10.2. The van der Waals surface area contributed by atoms with Crippen molar-refractivity contribution in [1.82, 2.24) is 19.1 Å². The Morgan fingerprint density at radius 3 is 2.87 bits per heavy atom. The van der Waals surface area contributed by atoms with Gasteiger partial charge in [0.25, 0.3) is 11.5 Å². The van der Waals surface area contributed by atoms with E-state index in [1.54, 1.807) is 28.9 Å². The normalized spacial score (nSPS) is 18.5. The molecule has 0 aromatic carbocycles. The third kappa shape index (κ3) is 2.68. The Labute approximate surface area is 173 Å². The molecule has 0 bridgehead atoms. The van der Waals surface area contributed by atoms with Crippen LogP contribution >= 0.6 is 0 Å². The van der Waals surface area contributed by atoms with Crippen molar-refractivity contribution in [2.24, 2.45) is 14.1 Å². The van der Waals surface area contributed by atoms with Gasteiger partial charge in [-0.3, -0.25) is 9.59 Å². The number of aryl methyl sites for hydroxylation is 2. The van der Waals surface area contributed by atoms with Crippen molar-refractivity contribution in [3.8, 4) is 0 Å². The summed E-state index contributed by atoms with van der Waals surface area (Å²) in [6, 6.07) is 2.09. The van der Waals surface area contributed by atoms with E-state index in [0.29, 0.717) is 35.9 Å². The first-order chi connectivity index (χ1) is 14.5. The van der Waals surface area contributed by atoms with E-state index in [1.165, 1.54) is 0 Å². The van der Waals surface area contributed by atoms with Crippen LogP contribution in [-0.2, 0) is 14.1 Å². The van der Waals surface area contributed by atoms with Gasteiger partial charge in [0.15, 0.2) is 0 Å². The predicted octanol–water partition coefficient (Wildman–Crippen LogP) is 1.73. The second-order valence-corrected chi connectivity index (χ2v) is 7.99. The fourth-order valence-corrected chi connectivity index (χ4v) is 4.63. The molecule has 0 unspecified atom stereocenters. The molecular weight excluding hydrogens is 382 g/mol. The van der Waals surface area contributed by atoms with Crippen molar-refractivity contribution in [2.45, 2.75) is 25.8 Å². The molecule has 3 aromatic heterocycles. The molecular formula is C21H25N7O2. The van der Waals surface area contributed by atoms with Crippen LogP contribution < -0.4 is 20.7 Å². The standard InChI is InChI=1S/C21H25N7O2/c1-4-22-21-23-10-15-18(24-21)27-8-5-6-13(27)11-28(19(15)29)16-12-26(3)17-14(16)7-9-25(2)20(17)30/h7,9-10,12-13H,4-6,8,11H2,1-3H3,(H,22,23,24)/t13-/m0/s1. The average Bonchev–Trinajstić information content (AvgIpc) is 3.30. The number of anilines is 3. The molecule has 5 rings (SSSR count). The van der Waals surface area contributed by atoms with E-state index < -0.39 is 0 Å². The van der Waals surface area contributed by atoms with Gasteiger partial charge < -0.3 is 24.3 Å². The summed E-state index contributed by atoms with van der Waals surface area (Å²) in [5.74, 6) is 1.11. The minimum atomic E-state index is -0.129. The lowest BCUT2D eigenvalue weighted by Crippen LogP contribution is -2.39. The molecule has 9 heteroatoms. The summed E-state index contributed by atoms with van der Waals surface area (Å²) in [6.45, 7) is 4.14. The smallest absolute Gasteiger partial charge is 0.274 e. The van der Waals surface area contributed by atoms with E-state index in [-0.39, 0.29) is 17.5 Å². The summed E-state index contributed by atoms with van der Waals surface area (Å²) in [7, 11) is 3.58. The minimum absolute atomic E-state index is 0.0787. The lowest BCUT2D eigenvalue weighted by molar-refractivity contribution is 0.0988. The summed E-state index contributed by atoms with van der Waals surface area (Å²) < 4.78 is 3.36. The van der Waals surface area contributed by atoms with E-state index >= 15 is 0 Å². The molecule has 2 aliphatic heterocycles. The molecule has 1 N–H and O–H groups in total. The van der Waals surface area contributed by atoms with Gasteiger partial charge in [0, 0.05) is 63.7 Å². The van der Waals surface area contributed by atoms with Crippen LogP contribution in [0.2, 0.25) is 0 Å². The first kappa shape index (κ1) is 18.7. The topological polar surface area (TPSA) is 88.3 Å². The van der Waals surface area contributed by atoms with Gasteiger partial charge in [-0.05, 0) is 25.8 Å². The second-order valence-electron chi connectivity index (χ2n) is 7.99. The van der Waals surface area contributed by atoms with Crippen molar-refractivity contribution in [2.75, 3.05) is 34.8 Å². The fraction of sp³-hybridized carbons (Fsp3) is 0.429. The van der Waals surface area contributed by atoms with Crippen LogP contribution in [0.25, 0.3) is 10.9 Å². The predicted molar refractivity (Wildman–Crippen MR) is 116 cm³/mol. The maximum absolute atomic E-state index is 13.6. The van der Waals surface area contributed by atoms with E-state index in [4.69, 9.17) is 0 Å². The first-order valence-corrected chi connectivity index (χ1v) is 10.3. The largest absolute Gasteiger partial charge is 0.354 e. The van der Waals surface area contributed by atoms with E-state index in [2.05, 4.69) is 20.2 Å². The van der Waals surface area contributed by atoms with Crippen LogP contribution in [0.4, 0.5) is 17.5 Å². The Morgan fingerprint density at radius 1 is 1.23 bits per heavy atom. The molecule has 3 aromatic rings. The Morgan fingerprint density at radius 2 is 2.07 bits per heavy atom. The molecule has 0 spiro atoms. The van der Waals surface area contributed by atoms with Crippen molar-refractivity contribution in [3.05, 3.63) is 40.6 Å². The monoisotopic (exact) mass is 407 g/mol. The van der Waals surface area contributed by atoms with Gasteiger partial charge in [-0.15, -0.1) is 0 Å². The Kier molecular flexibility index (Phi) is 4.27. The number of pyridine rings is 1. The quantitative estimate of drug-likeness (QED) is 0.711. The second kappa shape index (κ2) is 6.86. The zero-order chi connectivity index (χ0) is 21.0. The molecule has 2 aliphatic rings. The number of rotatable bonds is 3. The third-order valence-electron chi connectivity index (χ3n) is 6.10. The van der Waals surface area contributed by atoms with Crippen molar-refractivity contribution < 1.29 is 4.79 Å². The molecule has 1 amide bonds. The summed E-state index contributed by atoms with van der Waals surface area (Å²) in [6.07, 6.45) is 7.31. The highest BCUT2D eigenvalue weighted by molar-refractivity contribution is 6.13. The number of nitrogens with one attached hydrogen (secondary N) is 1. The summed E-state index contributed by atoms with van der Waals surface area (Å²) in [5, 5.41) is 3.92. The molecule has 0 saturated carbocycles. The molecule has 0 aliphatic carbocycles. The average molecular weight is 407 g/mol. The Hall–Kier alpha value is -3.36. The van der Waals surface area contributed by atoms with Crippen molar-refractivity contribution in [3.63, 3.8) is 0 Å². The van der Waals surface area contributed by atoms with Crippen LogP contribution in [-0.4, -0.2) is 50.7 Å². The highest BCUT2D eigenvalue weighted by atomic mass is 16.2.